The normalized spacial score (nSPS) is 11.6. The van der Waals surface area contributed by atoms with Crippen molar-refractivity contribution in [3.05, 3.63) is 65.2 Å². The number of ether oxygens (including phenoxy) is 1. The Morgan fingerprint density at radius 3 is 2.37 bits per heavy atom. The summed E-state index contributed by atoms with van der Waals surface area (Å²) in [4.78, 5) is 26.5. The molecule has 0 aliphatic heterocycles. The lowest BCUT2D eigenvalue weighted by molar-refractivity contribution is -0.142. The quantitative estimate of drug-likeness (QED) is 0.779. The lowest BCUT2D eigenvalue weighted by Gasteiger charge is -2.28. The van der Waals surface area contributed by atoms with Crippen molar-refractivity contribution >= 4 is 11.8 Å². The molecule has 2 aromatic rings. The van der Waals surface area contributed by atoms with E-state index in [0.717, 1.165) is 17.5 Å². The third-order valence-electron chi connectivity index (χ3n) is 4.71. The van der Waals surface area contributed by atoms with Crippen LogP contribution in [0, 0.1) is 6.92 Å². The molecule has 27 heavy (non-hydrogen) atoms. The van der Waals surface area contributed by atoms with Crippen LogP contribution in [-0.4, -0.2) is 36.4 Å². The largest absolute Gasteiger partial charge is 0.484 e. The van der Waals surface area contributed by atoms with E-state index in [1.165, 1.54) is 5.56 Å². The van der Waals surface area contributed by atoms with Gasteiger partial charge in [0.1, 0.15) is 11.8 Å². The number of carbonyl (C=O) groups excluding carboxylic acids is 2. The summed E-state index contributed by atoms with van der Waals surface area (Å²) in [6.45, 7) is 6.05. The lowest BCUT2D eigenvalue weighted by Crippen LogP contribution is -2.48. The summed E-state index contributed by atoms with van der Waals surface area (Å²) in [7, 11) is 1.57. The molecular formula is C22H28N2O3. The van der Waals surface area contributed by atoms with Crippen LogP contribution in [0.1, 0.15) is 30.5 Å². The number of nitrogens with zero attached hydrogens (tertiary/aromatic N) is 1. The fraction of sp³-hybridized carbons (Fsp3) is 0.364. The predicted molar refractivity (Wildman–Crippen MR) is 107 cm³/mol. The number of benzene rings is 2. The van der Waals surface area contributed by atoms with Gasteiger partial charge < -0.3 is 15.0 Å². The molecule has 0 aliphatic carbocycles. The number of hydrogen-bond acceptors (Lipinski definition) is 3. The van der Waals surface area contributed by atoms with Crippen LogP contribution in [0.25, 0.3) is 0 Å². The first kappa shape index (κ1) is 20.5. The van der Waals surface area contributed by atoms with Crippen molar-refractivity contribution in [1.82, 2.24) is 10.2 Å². The van der Waals surface area contributed by atoms with Crippen molar-refractivity contribution in [1.29, 1.82) is 0 Å². The molecular weight excluding hydrogens is 340 g/mol. The first-order chi connectivity index (χ1) is 13.0. The summed E-state index contributed by atoms with van der Waals surface area (Å²) in [5.41, 5.74) is 3.30. The second-order valence-electron chi connectivity index (χ2n) is 6.52. The zero-order valence-corrected chi connectivity index (χ0v) is 16.5. The number of aryl methyl sites for hydroxylation is 2. The van der Waals surface area contributed by atoms with E-state index in [9.17, 15) is 9.59 Å². The van der Waals surface area contributed by atoms with Crippen LogP contribution in [0.4, 0.5) is 0 Å². The third kappa shape index (κ3) is 5.58. The SMILES string of the molecule is CCc1ccc(OCC(=O)N(Cc2ccccc2C)C(C)C(=O)NC)cc1. The Kier molecular flexibility index (Phi) is 7.41. The summed E-state index contributed by atoms with van der Waals surface area (Å²) < 4.78 is 5.66. The van der Waals surface area contributed by atoms with E-state index in [2.05, 4.69) is 12.2 Å². The van der Waals surface area contributed by atoms with Crippen LogP contribution in [-0.2, 0) is 22.6 Å². The minimum Gasteiger partial charge on any atom is -0.484 e. The minimum absolute atomic E-state index is 0.112. The Labute approximate surface area is 161 Å². The zero-order valence-electron chi connectivity index (χ0n) is 16.5. The van der Waals surface area contributed by atoms with Crippen molar-refractivity contribution in [2.45, 2.75) is 39.8 Å². The topological polar surface area (TPSA) is 58.6 Å². The van der Waals surface area contributed by atoms with E-state index in [1.807, 2.05) is 55.5 Å². The monoisotopic (exact) mass is 368 g/mol. The second kappa shape index (κ2) is 9.76. The van der Waals surface area contributed by atoms with E-state index in [4.69, 9.17) is 4.74 Å². The van der Waals surface area contributed by atoms with Crippen LogP contribution in [0.2, 0.25) is 0 Å². The van der Waals surface area contributed by atoms with E-state index < -0.39 is 6.04 Å². The fourth-order valence-corrected chi connectivity index (χ4v) is 2.81. The summed E-state index contributed by atoms with van der Waals surface area (Å²) in [5, 5.41) is 2.61. The highest BCUT2D eigenvalue weighted by Crippen LogP contribution is 2.16. The van der Waals surface area contributed by atoms with Gasteiger partial charge in [-0.05, 0) is 49.1 Å². The molecule has 0 fully saturated rings. The molecule has 0 radical (unpaired) electrons. The molecule has 2 aromatic carbocycles. The predicted octanol–water partition coefficient (Wildman–Crippen LogP) is 3.10. The number of rotatable bonds is 8. The van der Waals surface area contributed by atoms with E-state index in [-0.39, 0.29) is 18.4 Å². The smallest absolute Gasteiger partial charge is 0.261 e. The summed E-state index contributed by atoms with van der Waals surface area (Å²) in [6, 6.07) is 15.0. The first-order valence-electron chi connectivity index (χ1n) is 9.23. The molecule has 0 bridgehead atoms. The summed E-state index contributed by atoms with van der Waals surface area (Å²) >= 11 is 0. The Morgan fingerprint density at radius 2 is 1.78 bits per heavy atom. The Bertz CT molecular complexity index is 771. The van der Waals surface area contributed by atoms with Crippen LogP contribution >= 0.6 is 0 Å². The van der Waals surface area contributed by atoms with Gasteiger partial charge in [0.05, 0.1) is 0 Å². The average Bonchev–Trinajstić information content (AvgIpc) is 2.70. The minimum atomic E-state index is -0.590. The lowest BCUT2D eigenvalue weighted by atomic mass is 10.1. The van der Waals surface area contributed by atoms with Crippen LogP contribution in [0.5, 0.6) is 5.75 Å². The Morgan fingerprint density at radius 1 is 1.11 bits per heavy atom. The average molecular weight is 368 g/mol. The first-order valence-corrected chi connectivity index (χ1v) is 9.23. The highest BCUT2D eigenvalue weighted by Gasteiger charge is 2.26. The molecule has 0 saturated heterocycles. The maximum Gasteiger partial charge on any atom is 0.261 e. The van der Waals surface area contributed by atoms with Crippen molar-refractivity contribution < 1.29 is 14.3 Å². The molecule has 1 N–H and O–H groups in total. The van der Waals surface area contributed by atoms with Gasteiger partial charge in [0.2, 0.25) is 5.91 Å². The molecule has 5 heteroatoms. The molecule has 0 aromatic heterocycles. The highest BCUT2D eigenvalue weighted by molar-refractivity contribution is 5.87. The summed E-state index contributed by atoms with van der Waals surface area (Å²) in [6.07, 6.45) is 0.951. The number of hydrogen-bond donors (Lipinski definition) is 1. The molecule has 1 atom stereocenters. The number of amides is 2. The Hall–Kier alpha value is -2.82. The molecule has 144 valence electrons. The van der Waals surface area contributed by atoms with E-state index >= 15 is 0 Å². The molecule has 0 aliphatic rings. The molecule has 2 amide bonds. The van der Waals surface area contributed by atoms with Crippen LogP contribution in [0.15, 0.2) is 48.5 Å². The van der Waals surface area contributed by atoms with Gasteiger partial charge in [0.15, 0.2) is 6.61 Å². The van der Waals surface area contributed by atoms with E-state index in [0.29, 0.717) is 12.3 Å². The van der Waals surface area contributed by atoms with Gasteiger partial charge in [-0.15, -0.1) is 0 Å². The number of likely N-dealkylation sites (N-methyl/N-ethyl adjacent to an activating group) is 1. The van der Waals surface area contributed by atoms with Gasteiger partial charge in [-0.25, -0.2) is 0 Å². The van der Waals surface area contributed by atoms with Crippen LogP contribution < -0.4 is 10.1 Å². The van der Waals surface area contributed by atoms with Gasteiger partial charge >= 0.3 is 0 Å². The Balaban J connectivity index is 2.12. The van der Waals surface area contributed by atoms with Gasteiger partial charge in [0.25, 0.3) is 5.91 Å². The van der Waals surface area contributed by atoms with Crippen molar-refractivity contribution in [2.75, 3.05) is 13.7 Å². The second-order valence-corrected chi connectivity index (χ2v) is 6.52. The molecule has 0 heterocycles. The van der Waals surface area contributed by atoms with Crippen molar-refractivity contribution in [2.24, 2.45) is 0 Å². The molecule has 0 spiro atoms. The van der Waals surface area contributed by atoms with Crippen LogP contribution in [0.3, 0.4) is 0 Å². The number of carbonyl (C=O) groups is 2. The van der Waals surface area contributed by atoms with Gasteiger partial charge in [-0.3, -0.25) is 9.59 Å². The molecule has 5 nitrogen and oxygen atoms in total. The maximum atomic E-state index is 12.8. The van der Waals surface area contributed by atoms with Crippen molar-refractivity contribution in [3.63, 3.8) is 0 Å². The number of nitrogens with one attached hydrogen (secondary N) is 1. The zero-order chi connectivity index (χ0) is 19.8. The fourth-order valence-electron chi connectivity index (χ4n) is 2.81. The van der Waals surface area contributed by atoms with Gasteiger partial charge in [-0.1, -0.05) is 43.3 Å². The third-order valence-corrected chi connectivity index (χ3v) is 4.71. The summed E-state index contributed by atoms with van der Waals surface area (Å²) in [5.74, 6) is 0.210. The molecule has 2 rings (SSSR count). The van der Waals surface area contributed by atoms with Crippen molar-refractivity contribution in [3.8, 4) is 5.75 Å². The maximum absolute atomic E-state index is 12.8. The molecule has 0 saturated carbocycles. The standard InChI is InChI=1S/C22H28N2O3/c1-5-18-10-12-20(13-11-18)27-15-21(25)24(17(3)22(26)23-4)14-19-9-7-6-8-16(19)2/h6-13,17H,5,14-15H2,1-4H3,(H,23,26). The highest BCUT2D eigenvalue weighted by atomic mass is 16.5. The molecule has 1 unspecified atom stereocenters. The van der Waals surface area contributed by atoms with Gasteiger partial charge in [0, 0.05) is 13.6 Å². The van der Waals surface area contributed by atoms with Gasteiger partial charge in [-0.2, -0.15) is 0 Å². The van der Waals surface area contributed by atoms with E-state index in [1.54, 1.807) is 18.9 Å².